The topological polar surface area (TPSA) is 97.7 Å². The van der Waals surface area contributed by atoms with Crippen LogP contribution in [0, 0.1) is 0 Å². The van der Waals surface area contributed by atoms with Crippen molar-refractivity contribution in [3.63, 3.8) is 0 Å². The van der Waals surface area contributed by atoms with Crippen molar-refractivity contribution in [3.05, 3.63) is 54.7 Å². The van der Waals surface area contributed by atoms with E-state index < -0.39 is 21.5 Å². The first kappa shape index (κ1) is 26.3. The zero-order chi connectivity index (χ0) is 25.8. The van der Waals surface area contributed by atoms with Gasteiger partial charge >= 0.3 is 0 Å². The average Bonchev–Trinajstić information content (AvgIpc) is 3.14. The van der Waals surface area contributed by atoms with Crippen molar-refractivity contribution in [2.75, 3.05) is 17.7 Å². The lowest BCUT2D eigenvalue weighted by atomic mass is 10.2. The van der Waals surface area contributed by atoms with Gasteiger partial charge in [-0.05, 0) is 52.8 Å². The van der Waals surface area contributed by atoms with Gasteiger partial charge < -0.3 is 19.5 Å². The molecule has 0 radical (unpaired) electrons. The third-order valence-corrected chi connectivity index (χ3v) is 7.21. The number of aromatic nitrogens is 1. The molecule has 0 aliphatic heterocycles. The Bertz CT molecular complexity index is 1300. The average molecular weight is 500 g/mol. The maximum atomic E-state index is 13.3. The van der Waals surface area contributed by atoms with Crippen molar-refractivity contribution < 1.29 is 22.7 Å². The van der Waals surface area contributed by atoms with Crippen LogP contribution in [0.2, 0.25) is 0 Å². The number of fused-ring (bicyclic) bond motifs is 1. The van der Waals surface area contributed by atoms with Crippen LogP contribution in [0.25, 0.3) is 10.9 Å². The quantitative estimate of drug-likeness (QED) is 0.453. The molecule has 0 bridgehead atoms. The molecule has 0 aliphatic carbocycles. The molecule has 1 heterocycles. The molecule has 0 aliphatic rings. The van der Waals surface area contributed by atoms with Crippen LogP contribution in [0.15, 0.2) is 59.6 Å². The van der Waals surface area contributed by atoms with E-state index in [0.717, 1.165) is 0 Å². The van der Waals surface area contributed by atoms with Crippen molar-refractivity contribution in [1.82, 2.24) is 9.47 Å². The third-order valence-electron chi connectivity index (χ3n) is 5.58. The van der Waals surface area contributed by atoms with Gasteiger partial charge in [-0.25, -0.2) is 8.42 Å². The highest BCUT2D eigenvalue weighted by Gasteiger charge is 2.27. The second-order valence-electron chi connectivity index (χ2n) is 8.86. The molecule has 188 valence electrons. The predicted molar refractivity (Wildman–Crippen MR) is 137 cm³/mol. The summed E-state index contributed by atoms with van der Waals surface area (Å²) in [6, 6.07) is 13.9. The molecule has 3 rings (SSSR count). The molecule has 35 heavy (non-hydrogen) atoms. The Balaban J connectivity index is 1.89. The van der Waals surface area contributed by atoms with Gasteiger partial charge in [0.1, 0.15) is 18.0 Å². The second-order valence-corrected chi connectivity index (χ2v) is 10.8. The number of rotatable bonds is 10. The fourth-order valence-electron chi connectivity index (χ4n) is 4.28. The summed E-state index contributed by atoms with van der Waals surface area (Å²) in [4.78, 5) is 27.5. The molecule has 2 aromatic carbocycles. The first-order chi connectivity index (χ1) is 16.5. The van der Waals surface area contributed by atoms with E-state index in [1.807, 2.05) is 34.6 Å². The zero-order valence-electron chi connectivity index (χ0n) is 20.8. The van der Waals surface area contributed by atoms with Gasteiger partial charge in [-0.15, -0.1) is 0 Å². The van der Waals surface area contributed by atoms with Crippen LogP contribution >= 0.6 is 0 Å². The lowest BCUT2D eigenvalue weighted by Crippen LogP contribution is -2.43. The van der Waals surface area contributed by atoms with E-state index in [9.17, 15) is 18.0 Å². The molecule has 0 unspecified atom stereocenters. The number of ether oxygens (including phenoxy) is 1. The molecule has 0 saturated heterocycles. The summed E-state index contributed by atoms with van der Waals surface area (Å²) in [7, 11) is -4.00. The van der Waals surface area contributed by atoms with Gasteiger partial charge in [0.05, 0.1) is 17.2 Å². The molecule has 0 spiro atoms. The van der Waals surface area contributed by atoms with E-state index in [-0.39, 0.29) is 29.4 Å². The number of anilines is 1. The summed E-state index contributed by atoms with van der Waals surface area (Å²) in [5, 5.41) is 3.11. The molecular weight excluding hydrogens is 466 g/mol. The molecule has 0 fully saturated rings. The standard InChI is InChI=1S/C26H33N3O5S/c1-6-34-23-14-10-8-12-21(23)27-25(30)17-35(32,33)24-15-28(22-13-9-7-11-20(22)24)16-26(31)29(18(2)3)19(4)5/h7-15,18-19H,6,16-17H2,1-5H3,(H,27,30). The van der Waals surface area contributed by atoms with Gasteiger partial charge in [0, 0.05) is 29.2 Å². The SMILES string of the molecule is CCOc1ccccc1NC(=O)CS(=O)(=O)c1cn(CC(=O)N(C(C)C)C(C)C)c2ccccc12. The molecule has 1 N–H and O–H groups in total. The number of hydrogen-bond donors (Lipinski definition) is 1. The molecule has 8 nitrogen and oxygen atoms in total. The highest BCUT2D eigenvalue weighted by atomic mass is 32.2. The third kappa shape index (κ3) is 6.03. The van der Waals surface area contributed by atoms with Gasteiger partial charge in [-0.1, -0.05) is 30.3 Å². The van der Waals surface area contributed by atoms with Crippen molar-refractivity contribution in [2.24, 2.45) is 0 Å². The number of nitrogens with zero attached hydrogens (tertiary/aromatic N) is 2. The van der Waals surface area contributed by atoms with Crippen molar-refractivity contribution >= 4 is 38.2 Å². The number of benzene rings is 2. The summed E-state index contributed by atoms with van der Waals surface area (Å²) >= 11 is 0. The monoisotopic (exact) mass is 499 g/mol. The molecule has 9 heteroatoms. The number of carbonyl (C=O) groups is 2. The lowest BCUT2D eigenvalue weighted by molar-refractivity contribution is -0.135. The maximum absolute atomic E-state index is 13.3. The van der Waals surface area contributed by atoms with Crippen LogP contribution in [-0.4, -0.2) is 54.1 Å². The molecule has 0 atom stereocenters. The summed E-state index contributed by atoms with van der Waals surface area (Å²) in [5.41, 5.74) is 1.03. The molecule has 1 aromatic heterocycles. The van der Waals surface area contributed by atoms with Crippen LogP contribution in [0.1, 0.15) is 34.6 Å². The van der Waals surface area contributed by atoms with E-state index in [4.69, 9.17) is 4.74 Å². The van der Waals surface area contributed by atoms with E-state index in [2.05, 4.69) is 5.32 Å². The Morgan fingerprint density at radius 3 is 2.29 bits per heavy atom. The van der Waals surface area contributed by atoms with Crippen molar-refractivity contribution in [1.29, 1.82) is 0 Å². The Kier molecular flexibility index (Phi) is 8.22. The minimum atomic E-state index is -4.00. The van der Waals surface area contributed by atoms with Crippen molar-refractivity contribution in [3.8, 4) is 5.75 Å². The van der Waals surface area contributed by atoms with Gasteiger partial charge in [0.25, 0.3) is 0 Å². The molecule has 3 aromatic rings. The van der Waals surface area contributed by atoms with Gasteiger partial charge in [0.2, 0.25) is 11.8 Å². The number of hydrogen-bond acceptors (Lipinski definition) is 5. The molecular formula is C26H33N3O5S. The number of sulfone groups is 1. The van der Waals surface area contributed by atoms with Gasteiger partial charge in [-0.2, -0.15) is 0 Å². The summed E-state index contributed by atoms with van der Waals surface area (Å²) in [6.07, 6.45) is 1.46. The lowest BCUT2D eigenvalue weighted by Gasteiger charge is -2.31. The minimum absolute atomic E-state index is 0.000319. The maximum Gasteiger partial charge on any atom is 0.242 e. The van der Waals surface area contributed by atoms with Crippen molar-refractivity contribution in [2.45, 2.75) is 58.1 Å². The van der Waals surface area contributed by atoms with E-state index in [0.29, 0.717) is 28.9 Å². The van der Waals surface area contributed by atoms with E-state index in [1.165, 1.54) is 6.20 Å². The Hall–Kier alpha value is -3.33. The second kappa shape index (κ2) is 10.9. The van der Waals surface area contributed by atoms with Crippen LogP contribution in [0.4, 0.5) is 5.69 Å². The Labute approximate surface area is 206 Å². The number of nitrogens with one attached hydrogen (secondary N) is 1. The van der Waals surface area contributed by atoms with Crippen LogP contribution in [0.3, 0.4) is 0 Å². The highest BCUT2D eigenvalue weighted by Crippen LogP contribution is 2.28. The fourth-order valence-corrected chi connectivity index (χ4v) is 5.65. The molecule has 2 amide bonds. The van der Waals surface area contributed by atoms with E-state index in [1.54, 1.807) is 58.0 Å². The predicted octanol–water partition coefficient (Wildman–Crippen LogP) is 4.10. The minimum Gasteiger partial charge on any atom is -0.492 e. The smallest absolute Gasteiger partial charge is 0.242 e. The van der Waals surface area contributed by atoms with Gasteiger partial charge in [0.15, 0.2) is 9.84 Å². The highest BCUT2D eigenvalue weighted by molar-refractivity contribution is 7.92. The number of amides is 2. The van der Waals surface area contributed by atoms with Crippen LogP contribution in [-0.2, 0) is 26.0 Å². The van der Waals surface area contributed by atoms with Gasteiger partial charge in [-0.3, -0.25) is 9.59 Å². The first-order valence-electron chi connectivity index (χ1n) is 11.7. The Morgan fingerprint density at radius 2 is 1.63 bits per heavy atom. The summed E-state index contributed by atoms with van der Waals surface area (Å²) in [6.45, 7) is 10.0. The molecule has 0 saturated carbocycles. The largest absolute Gasteiger partial charge is 0.492 e. The number of carbonyl (C=O) groups excluding carboxylic acids is 2. The van der Waals surface area contributed by atoms with Crippen LogP contribution in [0.5, 0.6) is 5.75 Å². The number of para-hydroxylation sites is 3. The Morgan fingerprint density at radius 1 is 1.00 bits per heavy atom. The van der Waals surface area contributed by atoms with Crippen LogP contribution < -0.4 is 10.1 Å². The first-order valence-corrected chi connectivity index (χ1v) is 13.3. The van der Waals surface area contributed by atoms with E-state index >= 15 is 0 Å². The zero-order valence-corrected chi connectivity index (χ0v) is 21.6. The normalized spacial score (nSPS) is 11.7. The summed E-state index contributed by atoms with van der Waals surface area (Å²) in [5.74, 6) is -1.05. The fraction of sp³-hybridized carbons (Fsp3) is 0.385. The summed E-state index contributed by atoms with van der Waals surface area (Å²) < 4.78 is 33.8.